The van der Waals surface area contributed by atoms with E-state index in [2.05, 4.69) is 10.6 Å². The van der Waals surface area contributed by atoms with E-state index in [1.165, 1.54) is 19.3 Å². The van der Waals surface area contributed by atoms with Crippen LogP contribution in [-0.2, 0) is 4.79 Å². The van der Waals surface area contributed by atoms with Gasteiger partial charge in [0.25, 0.3) is 5.91 Å². The molecular weight excluding hydrogens is 204 g/mol. The molecule has 0 radical (unpaired) electrons. The maximum Gasteiger partial charge on any atom is 0.322 e. The second-order valence-electron chi connectivity index (χ2n) is 5.27. The number of amides is 3. The first-order valence-electron chi connectivity index (χ1n) is 6.21. The zero-order chi connectivity index (χ0) is 11.8. The van der Waals surface area contributed by atoms with Crippen LogP contribution in [0.25, 0.3) is 0 Å². The first kappa shape index (κ1) is 11.4. The van der Waals surface area contributed by atoms with Gasteiger partial charge >= 0.3 is 6.03 Å². The standard InChI is InChI=1S/C12H20N2O2/c1-8(2)12(9-6-4-3-5-7-9)10(15)13-11(16)14-12/h8-9H,3-7H2,1-2H3,(H2,13,14,15,16). The fourth-order valence-corrected chi connectivity index (χ4v) is 3.21. The smallest absolute Gasteiger partial charge is 0.322 e. The van der Waals surface area contributed by atoms with Crippen LogP contribution in [0.1, 0.15) is 46.0 Å². The number of carbonyl (C=O) groups is 2. The van der Waals surface area contributed by atoms with Gasteiger partial charge in [-0.3, -0.25) is 10.1 Å². The Morgan fingerprint density at radius 1 is 1.19 bits per heavy atom. The van der Waals surface area contributed by atoms with Gasteiger partial charge < -0.3 is 5.32 Å². The number of hydrogen-bond acceptors (Lipinski definition) is 2. The summed E-state index contributed by atoms with van der Waals surface area (Å²) in [5.41, 5.74) is -0.655. The van der Waals surface area contributed by atoms with Crippen LogP contribution in [0.3, 0.4) is 0 Å². The first-order valence-corrected chi connectivity index (χ1v) is 6.21. The van der Waals surface area contributed by atoms with Crippen molar-refractivity contribution < 1.29 is 9.59 Å². The van der Waals surface area contributed by atoms with Gasteiger partial charge in [-0.05, 0) is 24.7 Å². The van der Waals surface area contributed by atoms with E-state index in [0.717, 1.165) is 12.8 Å². The average Bonchev–Trinajstić information content (AvgIpc) is 2.56. The molecule has 1 saturated carbocycles. The summed E-state index contributed by atoms with van der Waals surface area (Å²) in [6.07, 6.45) is 5.68. The number of nitrogens with one attached hydrogen (secondary N) is 2. The lowest BCUT2D eigenvalue weighted by Gasteiger charge is -2.40. The maximum absolute atomic E-state index is 12.1. The molecule has 16 heavy (non-hydrogen) atoms. The third kappa shape index (κ3) is 1.60. The van der Waals surface area contributed by atoms with E-state index in [1.54, 1.807) is 0 Å². The summed E-state index contributed by atoms with van der Waals surface area (Å²) in [4.78, 5) is 23.4. The van der Waals surface area contributed by atoms with Crippen molar-refractivity contribution in [1.82, 2.24) is 10.6 Å². The number of rotatable bonds is 2. The molecule has 1 unspecified atom stereocenters. The summed E-state index contributed by atoms with van der Waals surface area (Å²) in [5, 5.41) is 5.28. The molecule has 2 fully saturated rings. The van der Waals surface area contributed by atoms with Gasteiger partial charge in [0, 0.05) is 0 Å². The Hall–Kier alpha value is -1.06. The molecule has 4 heteroatoms. The van der Waals surface area contributed by atoms with Crippen molar-refractivity contribution in [3.63, 3.8) is 0 Å². The van der Waals surface area contributed by atoms with Crippen molar-refractivity contribution in [2.24, 2.45) is 11.8 Å². The summed E-state index contributed by atoms with van der Waals surface area (Å²) in [6.45, 7) is 4.03. The highest BCUT2D eigenvalue weighted by atomic mass is 16.2. The zero-order valence-corrected chi connectivity index (χ0v) is 10.0. The predicted molar refractivity (Wildman–Crippen MR) is 60.8 cm³/mol. The van der Waals surface area contributed by atoms with Crippen molar-refractivity contribution in [2.45, 2.75) is 51.5 Å². The molecule has 1 atom stereocenters. The topological polar surface area (TPSA) is 58.2 Å². The second kappa shape index (κ2) is 4.07. The van der Waals surface area contributed by atoms with Crippen LogP contribution >= 0.6 is 0 Å². The van der Waals surface area contributed by atoms with E-state index < -0.39 is 5.54 Å². The summed E-state index contributed by atoms with van der Waals surface area (Å²) in [6, 6.07) is -0.329. The molecule has 0 spiro atoms. The van der Waals surface area contributed by atoms with Gasteiger partial charge in [-0.25, -0.2) is 4.79 Å². The fourth-order valence-electron chi connectivity index (χ4n) is 3.21. The normalized spacial score (nSPS) is 31.7. The molecule has 2 aliphatic rings. The molecular formula is C12H20N2O2. The van der Waals surface area contributed by atoms with Crippen molar-refractivity contribution in [2.75, 3.05) is 0 Å². The molecule has 1 aliphatic heterocycles. The molecule has 1 heterocycles. The van der Waals surface area contributed by atoms with E-state index in [1.807, 2.05) is 13.8 Å². The summed E-state index contributed by atoms with van der Waals surface area (Å²) < 4.78 is 0. The molecule has 4 nitrogen and oxygen atoms in total. The van der Waals surface area contributed by atoms with E-state index in [9.17, 15) is 9.59 Å². The molecule has 1 aliphatic carbocycles. The van der Waals surface area contributed by atoms with Crippen molar-refractivity contribution in [3.05, 3.63) is 0 Å². The van der Waals surface area contributed by atoms with Crippen LogP contribution in [0.5, 0.6) is 0 Å². The Morgan fingerprint density at radius 2 is 1.81 bits per heavy atom. The third-order valence-electron chi connectivity index (χ3n) is 4.08. The highest BCUT2D eigenvalue weighted by Gasteiger charge is 2.53. The van der Waals surface area contributed by atoms with Gasteiger partial charge in [-0.15, -0.1) is 0 Å². The summed E-state index contributed by atoms with van der Waals surface area (Å²) in [5.74, 6) is 0.314. The monoisotopic (exact) mass is 224 g/mol. The number of imide groups is 1. The van der Waals surface area contributed by atoms with Crippen LogP contribution in [0.4, 0.5) is 4.79 Å². The van der Waals surface area contributed by atoms with Gasteiger partial charge in [0.05, 0.1) is 0 Å². The van der Waals surface area contributed by atoms with Crippen LogP contribution < -0.4 is 10.6 Å². The Morgan fingerprint density at radius 3 is 2.25 bits per heavy atom. The van der Waals surface area contributed by atoms with Gasteiger partial charge in [-0.2, -0.15) is 0 Å². The molecule has 0 aromatic heterocycles. The van der Waals surface area contributed by atoms with E-state index in [-0.39, 0.29) is 17.9 Å². The fraction of sp³-hybridized carbons (Fsp3) is 0.833. The Kier molecular flexibility index (Phi) is 2.91. The molecule has 1 saturated heterocycles. The quantitative estimate of drug-likeness (QED) is 0.703. The molecule has 90 valence electrons. The predicted octanol–water partition coefficient (Wildman–Crippen LogP) is 1.80. The number of carbonyl (C=O) groups excluding carboxylic acids is 2. The molecule has 0 bridgehead atoms. The SMILES string of the molecule is CC(C)C1(C2CCCCC2)NC(=O)NC1=O. The Labute approximate surface area is 96.2 Å². The summed E-state index contributed by atoms with van der Waals surface area (Å²) >= 11 is 0. The minimum Gasteiger partial charge on any atom is -0.323 e. The van der Waals surface area contributed by atoms with Gasteiger partial charge in [0.1, 0.15) is 5.54 Å². The van der Waals surface area contributed by atoms with E-state index in [0.29, 0.717) is 5.92 Å². The van der Waals surface area contributed by atoms with Crippen LogP contribution in [-0.4, -0.2) is 17.5 Å². The van der Waals surface area contributed by atoms with Crippen LogP contribution in [0.15, 0.2) is 0 Å². The highest BCUT2D eigenvalue weighted by molar-refractivity contribution is 6.07. The molecule has 2 rings (SSSR count). The van der Waals surface area contributed by atoms with Crippen molar-refractivity contribution in [1.29, 1.82) is 0 Å². The minimum absolute atomic E-state index is 0.126. The van der Waals surface area contributed by atoms with E-state index >= 15 is 0 Å². The molecule has 2 N–H and O–H groups in total. The molecule has 0 aromatic carbocycles. The number of urea groups is 1. The highest BCUT2D eigenvalue weighted by Crippen LogP contribution is 2.38. The van der Waals surface area contributed by atoms with E-state index in [4.69, 9.17) is 0 Å². The number of hydrogen-bond donors (Lipinski definition) is 2. The Balaban J connectivity index is 2.27. The lowest BCUT2D eigenvalue weighted by Crippen LogP contribution is -2.57. The largest absolute Gasteiger partial charge is 0.323 e. The van der Waals surface area contributed by atoms with Crippen molar-refractivity contribution in [3.8, 4) is 0 Å². The van der Waals surface area contributed by atoms with Gasteiger partial charge in [0.2, 0.25) is 0 Å². The first-order chi connectivity index (χ1) is 7.57. The second-order valence-corrected chi connectivity index (χ2v) is 5.27. The lowest BCUT2D eigenvalue weighted by atomic mass is 9.69. The van der Waals surface area contributed by atoms with Crippen molar-refractivity contribution >= 4 is 11.9 Å². The summed E-state index contributed by atoms with van der Waals surface area (Å²) in [7, 11) is 0. The van der Waals surface area contributed by atoms with Gasteiger partial charge in [-0.1, -0.05) is 33.1 Å². The lowest BCUT2D eigenvalue weighted by molar-refractivity contribution is -0.128. The Bertz CT molecular complexity index is 308. The molecule has 3 amide bonds. The minimum atomic E-state index is -0.655. The third-order valence-corrected chi connectivity index (χ3v) is 4.08. The van der Waals surface area contributed by atoms with Crippen LogP contribution in [0.2, 0.25) is 0 Å². The van der Waals surface area contributed by atoms with Gasteiger partial charge in [0.15, 0.2) is 0 Å². The maximum atomic E-state index is 12.1. The average molecular weight is 224 g/mol. The zero-order valence-electron chi connectivity index (χ0n) is 10.0. The molecule has 0 aromatic rings. The van der Waals surface area contributed by atoms with Crippen LogP contribution in [0, 0.1) is 11.8 Å².